The van der Waals surface area contributed by atoms with Gasteiger partial charge in [-0.25, -0.2) is 9.37 Å². The van der Waals surface area contributed by atoms with Crippen LogP contribution >= 0.6 is 0 Å². The Balaban J connectivity index is 1.52. The van der Waals surface area contributed by atoms with Crippen molar-refractivity contribution in [3.63, 3.8) is 0 Å². The molecule has 1 aliphatic carbocycles. The highest BCUT2D eigenvalue weighted by atomic mass is 19.1. The van der Waals surface area contributed by atoms with E-state index in [1.807, 2.05) is 4.90 Å². The van der Waals surface area contributed by atoms with Crippen LogP contribution in [0.25, 0.3) is 0 Å². The molecular weight excluding hydrogens is 343 g/mol. The molecule has 1 aliphatic heterocycles. The van der Waals surface area contributed by atoms with Gasteiger partial charge in [0.15, 0.2) is 17.6 Å². The minimum absolute atomic E-state index is 0.244. The zero-order chi connectivity index (χ0) is 19.2. The second-order valence-corrected chi connectivity index (χ2v) is 7.71. The zero-order valence-electron chi connectivity index (χ0n) is 16.8. The highest BCUT2D eigenvalue weighted by Crippen LogP contribution is 2.28. The number of anilines is 1. The Morgan fingerprint density at radius 2 is 2.22 bits per heavy atom. The third-order valence-corrected chi connectivity index (χ3v) is 5.22. The van der Waals surface area contributed by atoms with E-state index in [1.54, 1.807) is 12.3 Å². The lowest BCUT2D eigenvalue weighted by molar-refractivity contribution is 0.218. The Morgan fingerprint density at radius 1 is 1.41 bits per heavy atom. The molecule has 6 nitrogen and oxygen atoms in total. The standard InChI is InChI=1S/C20H33FN6/c1-4-22-20(24-11-13-27(15(2)3)17-7-8-17)25-16-9-12-26(14-16)19-18(21)6-5-10-23-19/h5-6,10,15-17H,4,7-9,11-14H2,1-3H3,(H2,22,24,25). The van der Waals surface area contributed by atoms with Gasteiger partial charge in [0.2, 0.25) is 0 Å². The van der Waals surface area contributed by atoms with E-state index in [9.17, 15) is 4.39 Å². The summed E-state index contributed by atoms with van der Waals surface area (Å²) in [6, 6.07) is 4.67. The number of aromatic nitrogens is 1. The summed E-state index contributed by atoms with van der Waals surface area (Å²) < 4.78 is 14.0. The lowest BCUT2D eigenvalue weighted by Crippen LogP contribution is -2.45. The first-order chi connectivity index (χ1) is 13.1. The van der Waals surface area contributed by atoms with Gasteiger partial charge in [-0.3, -0.25) is 9.89 Å². The fourth-order valence-corrected chi connectivity index (χ4v) is 3.74. The maximum Gasteiger partial charge on any atom is 0.191 e. The van der Waals surface area contributed by atoms with Gasteiger partial charge in [-0.2, -0.15) is 0 Å². The van der Waals surface area contributed by atoms with Gasteiger partial charge in [0.1, 0.15) is 0 Å². The molecule has 1 saturated heterocycles. The zero-order valence-corrected chi connectivity index (χ0v) is 16.8. The maximum absolute atomic E-state index is 14.0. The summed E-state index contributed by atoms with van der Waals surface area (Å²) in [7, 11) is 0. The molecule has 1 saturated carbocycles. The van der Waals surface area contributed by atoms with Crippen LogP contribution in [0.4, 0.5) is 10.2 Å². The second-order valence-electron chi connectivity index (χ2n) is 7.71. The van der Waals surface area contributed by atoms with E-state index in [1.165, 1.54) is 18.9 Å². The molecule has 1 aromatic heterocycles. The van der Waals surface area contributed by atoms with Crippen LogP contribution in [0.2, 0.25) is 0 Å². The predicted molar refractivity (Wildman–Crippen MR) is 109 cm³/mol. The van der Waals surface area contributed by atoms with Crippen LogP contribution in [-0.4, -0.2) is 66.7 Å². The first kappa shape index (κ1) is 19.9. The van der Waals surface area contributed by atoms with Crippen LogP contribution in [-0.2, 0) is 0 Å². The summed E-state index contributed by atoms with van der Waals surface area (Å²) in [6.07, 6.45) is 5.23. The van der Waals surface area contributed by atoms with E-state index >= 15 is 0 Å². The van der Waals surface area contributed by atoms with Gasteiger partial charge in [0.25, 0.3) is 0 Å². The lowest BCUT2D eigenvalue weighted by atomic mass is 10.3. The molecule has 2 heterocycles. The molecule has 150 valence electrons. The van der Waals surface area contributed by atoms with E-state index in [0.717, 1.165) is 51.1 Å². The van der Waals surface area contributed by atoms with Crippen molar-refractivity contribution in [2.75, 3.05) is 37.6 Å². The third-order valence-electron chi connectivity index (χ3n) is 5.22. The summed E-state index contributed by atoms with van der Waals surface area (Å²) in [5, 5.41) is 6.85. The first-order valence-electron chi connectivity index (χ1n) is 10.2. The van der Waals surface area contributed by atoms with E-state index in [4.69, 9.17) is 4.99 Å². The van der Waals surface area contributed by atoms with Crippen LogP contribution < -0.4 is 15.5 Å². The van der Waals surface area contributed by atoms with Gasteiger partial charge < -0.3 is 15.5 Å². The molecule has 0 bridgehead atoms. The lowest BCUT2D eigenvalue weighted by Gasteiger charge is -2.25. The topological polar surface area (TPSA) is 55.8 Å². The number of rotatable bonds is 8. The average molecular weight is 377 g/mol. The van der Waals surface area contributed by atoms with E-state index in [2.05, 4.69) is 41.3 Å². The number of aliphatic imine (C=N–C) groups is 1. The van der Waals surface area contributed by atoms with Crippen molar-refractivity contribution in [3.05, 3.63) is 24.1 Å². The van der Waals surface area contributed by atoms with Gasteiger partial charge in [-0.15, -0.1) is 0 Å². The molecule has 1 atom stereocenters. The highest BCUT2D eigenvalue weighted by Gasteiger charge is 2.30. The van der Waals surface area contributed by atoms with Crippen molar-refractivity contribution < 1.29 is 4.39 Å². The molecule has 0 radical (unpaired) electrons. The fraction of sp³-hybridized carbons (Fsp3) is 0.700. The largest absolute Gasteiger partial charge is 0.357 e. The summed E-state index contributed by atoms with van der Waals surface area (Å²) in [5.41, 5.74) is 0. The number of hydrogen-bond donors (Lipinski definition) is 2. The monoisotopic (exact) mass is 376 g/mol. The number of nitrogens with one attached hydrogen (secondary N) is 2. The average Bonchev–Trinajstić information content (AvgIpc) is 3.37. The van der Waals surface area contributed by atoms with Crippen molar-refractivity contribution in [1.29, 1.82) is 0 Å². The summed E-state index contributed by atoms with van der Waals surface area (Å²) in [5.74, 6) is 1.04. The number of pyridine rings is 1. The van der Waals surface area contributed by atoms with Crippen LogP contribution in [0.1, 0.15) is 40.0 Å². The highest BCUT2D eigenvalue weighted by molar-refractivity contribution is 5.80. The molecule has 27 heavy (non-hydrogen) atoms. The van der Waals surface area contributed by atoms with E-state index < -0.39 is 0 Å². The molecule has 3 rings (SSSR count). The molecule has 2 N–H and O–H groups in total. The molecule has 1 aromatic rings. The fourth-order valence-electron chi connectivity index (χ4n) is 3.74. The summed E-state index contributed by atoms with van der Waals surface area (Å²) in [6.45, 7) is 10.7. The van der Waals surface area contributed by atoms with Crippen molar-refractivity contribution in [2.24, 2.45) is 4.99 Å². The maximum atomic E-state index is 14.0. The SMILES string of the molecule is CCNC(=NCCN(C(C)C)C1CC1)NC1CCN(c2ncccc2F)C1. The van der Waals surface area contributed by atoms with Gasteiger partial charge >= 0.3 is 0 Å². The summed E-state index contributed by atoms with van der Waals surface area (Å²) >= 11 is 0. The molecule has 0 spiro atoms. The Morgan fingerprint density at radius 3 is 2.89 bits per heavy atom. The normalized spacial score (nSPS) is 20.6. The number of hydrogen-bond acceptors (Lipinski definition) is 4. The van der Waals surface area contributed by atoms with Crippen molar-refractivity contribution in [1.82, 2.24) is 20.5 Å². The van der Waals surface area contributed by atoms with Crippen LogP contribution in [0, 0.1) is 5.82 Å². The Kier molecular flexibility index (Phi) is 6.88. The number of halogens is 1. The van der Waals surface area contributed by atoms with E-state index in [-0.39, 0.29) is 11.9 Å². The van der Waals surface area contributed by atoms with Crippen molar-refractivity contribution in [3.8, 4) is 0 Å². The molecule has 2 aliphatic rings. The Hall–Kier alpha value is -1.89. The van der Waals surface area contributed by atoms with E-state index in [0.29, 0.717) is 11.9 Å². The molecule has 2 fully saturated rings. The van der Waals surface area contributed by atoms with Gasteiger partial charge in [-0.05, 0) is 52.2 Å². The molecular formula is C20H33FN6. The number of guanidine groups is 1. The van der Waals surface area contributed by atoms with Gasteiger partial charge in [-0.1, -0.05) is 0 Å². The van der Waals surface area contributed by atoms with Gasteiger partial charge in [0.05, 0.1) is 6.54 Å². The minimum atomic E-state index is -0.257. The first-order valence-corrected chi connectivity index (χ1v) is 10.2. The van der Waals surface area contributed by atoms with Crippen LogP contribution in [0.5, 0.6) is 0 Å². The molecule has 0 aromatic carbocycles. The van der Waals surface area contributed by atoms with Gasteiger partial charge in [0, 0.05) is 50.5 Å². The molecule has 0 amide bonds. The minimum Gasteiger partial charge on any atom is -0.357 e. The predicted octanol–water partition coefficient (Wildman–Crippen LogP) is 2.23. The van der Waals surface area contributed by atoms with Crippen LogP contribution in [0.15, 0.2) is 23.3 Å². The Labute approximate surface area is 162 Å². The smallest absolute Gasteiger partial charge is 0.191 e. The summed E-state index contributed by atoms with van der Waals surface area (Å²) in [4.78, 5) is 13.5. The third kappa shape index (κ3) is 5.54. The number of nitrogens with zero attached hydrogens (tertiary/aromatic N) is 4. The van der Waals surface area contributed by atoms with Crippen LogP contribution in [0.3, 0.4) is 0 Å². The second kappa shape index (κ2) is 9.35. The Bertz CT molecular complexity index is 629. The van der Waals surface area contributed by atoms with Crippen molar-refractivity contribution >= 4 is 11.8 Å². The van der Waals surface area contributed by atoms with Crippen molar-refractivity contribution in [2.45, 2.75) is 58.2 Å². The molecule has 1 unspecified atom stereocenters. The quantitative estimate of drug-likeness (QED) is 0.538. The molecule has 7 heteroatoms.